The average molecular weight is 105 g/mol. The standard InChI is InChI=1S/C5H14NO/c1-6(2,3)4-5-7/h7H,4-5H2,1-3H3/q+1/i1D. The SMILES string of the molecule is [2H]C[N+](C)(C)CCO. The van der Waals surface area contributed by atoms with E-state index in [0.717, 1.165) is 0 Å². The van der Waals surface area contributed by atoms with E-state index in [1.54, 1.807) is 0 Å². The fourth-order valence-electron chi connectivity index (χ4n) is 0.271. The molecule has 0 aliphatic carbocycles. The van der Waals surface area contributed by atoms with Crippen molar-refractivity contribution in [3.8, 4) is 0 Å². The summed E-state index contributed by atoms with van der Waals surface area (Å²) in [6.45, 7) is 0.843. The van der Waals surface area contributed by atoms with Gasteiger partial charge < -0.3 is 9.59 Å². The average Bonchev–Trinajstić information content (AvgIpc) is 1.67. The molecule has 0 amide bonds. The number of aliphatic hydroxyl groups is 1. The van der Waals surface area contributed by atoms with Crippen LogP contribution in [-0.4, -0.2) is 43.9 Å². The topological polar surface area (TPSA) is 20.2 Å². The molecular formula is C5H14NO+. The molecule has 0 saturated carbocycles. The Morgan fingerprint density at radius 3 is 2.43 bits per heavy atom. The minimum atomic E-state index is 0.172. The highest BCUT2D eigenvalue weighted by atomic mass is 16.3. The molecule has 0 aliphatic rings. The van der Waals surface area contributed by atoms with Gasteiger partial charge in [-0.3, -0.25) is 0 Å². The van der Waals surface area contributed by atoms with E-state index in [2.05, 4.69) is 0 Å². The van der Waals surface area contributed by atoms with Crippen molar-refractivity contribution >= 4 is 0 Å². The molecule has 0 aromatic heterocycles. The number of quaternary nitrogens is 1. The van der Waals surface area contributed by atoms with Crippen molar-refractivity contribution in [2.45, 2.75) is 0 Å². The molecule has 0 aromatic carbocycles. The van der Waals surface area contributed by atoms with Gasteiger partial charge in [0.05, 0.1) is 29.1 Å². The van der Waals surface area contributed by atoms with Gasteiger partial charge in [-0.05, 0) is 0 Å². The summed E-state index contributed by atoms with van der Waals surface area (Å²) in [5.41, 5.74) is 0. The molecule has 2 heteroatoms. The van der Waals surface area contributed by atoms with Crippen molar-refractivity contribution < 1.29 is 11.0 Å². The molecule has 0 bridgehead atoms. The number of likely N-dealkylation sites (N-methyl/N-ethyl adjacent to an activating group) is 1. The summed E-state index contributed by atoms with van der Waals surface area (Å²) in [5, 5.41) is 8.43. The van der Waals surface area contributed by atoms with Gasteiger partial charge in [0, 0.05) is 0 Å². The lowest BCUT2D eigenvalue weighted by Gasteiger charge is -2.21. The Bertz CT molecular complexity index is 65.4. The molecule has 0 fully saturated rings. The second-order valence-electron chi connectivity index (χ2n) is 2.38. The number of hydrogen-bond acceptors (Lipinski definition) is 1. The van der Waals surface area contributed by atoms with E-state index in [4.69, 9.17) is 6.48 Å². The minimum Gasteiger partial charge on any atom is -0.391 e. The summed E-state index contributed by atoms with van der Waals surface area (Å²) in [4.78, 5) is 0. The summed E-state index contributed by atoms with van der Waals surface area (Å²) in [5.74, 6) is 0. The zero-order chi connectivity index (χ0) is 6.62. The predicted octanol–water partition coefficient (Wildman–Crippen LogP) is -0.315. The summed E-state index contributed by atoms with van der Waals surface area (Å²) in [6, 6.07) is 0. The molecule has 0 unspecified atom stereocenters. The van der Waals surface area contributed by atoms with E-state index in [9.17, 15) is 0 Å². The highest BCUT2D eigenvalue weighted by Gasteiger charge is 2.02. The second-order valence-corrected chi connectivity index (χ2v) is 2.38. The van der Waals surface area contributed by atoms with E-state index < -0.39 is 0 Å². The van der Waals surface area contributed by atoms with Crippen LogP contribution in [0.2, 0.25) is 0 Å². The quantitative estimate of drug-likeness (QED) is 0.477. The zero-order valence-electron chi connectivity index (χ0n) is 6.02. The second kappa shape index (κ2) is 2.28. The van der Waals surface area contributed by atoms with Crippen LogP contribution < -0.4 is 0 Å². The molecule has 0 atom stereocenters. The molecule has 0 rings (SSSR count). The predicted molar refractivity (Wildman–Crippen MR) is 30.0 cm³/mol. The first-order chi connectivity index (χ1) is 3.62. The Balaban J connectivity index is 3.37. The van der Waals surface area contributed by atoms with Crippen molar-refractivity contribution in [3.63, 3.8) is 0 Å². The van der Waals surface area contributed by atoms with Crippen molar-refractivity contribution in [1.29, 1.82) is 0 Å². The maximum absolute atomic E-state index is 8.43. The fourth-order valence-corrected chi connectivity index (χ4v) is 0.271. The molecule has 0 aromatic rings. The van der Waals surface area contributed by atoms with Crippen LogP contribution >= 0.6 is 0 Å². The van der Waals surface area contributed by atoms with Gasteiger partial charge in [0.15, 0.2) is 0 Å². The molecule has 0 saturated heterocycles. The smallest absolute Gasteiger partial charge is 0.101 e. The van der Waals surface area contributed by atoms with Crippen molar-refractivity contribution in [2.24, 2.45) is 0 Å². The van der Waals surface area contributed by atoms with E-state index >= 15 is 0 Å². The third kappa shape index (κ3) is 5.92. The lowest BCUT2D eigenvalue weighted by molar-refractivity contribution is -0.870. The third-order valence-electron chi connectivity index (χ3n) is 0.705. The highest BCUT2D eigenvalue weighted by molar-refractivity contribution is 4.19. The molecular weight excluding hydrogens is 90.1 g/mol. The van der Waals surface area contributed by atoms with Crippen LogP contribution in [0.25, 0.3) is 0 Å². The Kier molecular flexibility index (Phi) is 1.65. The molecule has 0 heterocycles. The number of nitrogens with zero attached hydrogens (tertiary/aromatic N) is 1. The first-order valence-corrected chi connectivity index (χ1v) is 2.34. The first kappa shape index (κ1) is 5.06. The molecule has 44 valence electrons. The van der Waals surface area contributed by atoms with Gasteiger partial charge >= 0.3 is 0 Å². The van der Waals surface area contributed by atoms with Gasteiger partial charge in [-0.15, -0.1) is 0 Å². The van der Waals surface area contributed by atoms with Gasteiger partial charge in [-0.1, -0.05) is 0 Å². The van der Waals surface area contributed by atoms with Crippen LogP contribution in [0.3, 0.4) is 0 Å². The third-order valence-corrected chi connectivity index (χ3v) is 0.705. The van der Waals surface area contributed by atoms with Crippen LogP contribution in [-0.2, 0) is 0 Å². The van der Waals surface area contributed by atoms with E-state index in [1.165, 1.54) is 0 Å². The van der Waals surface area contributed by atoms with Gasteiger partial charge in [0.25, 0.3) is 0 Å². The number of hydrogen-bond donors (Lipinski definition) is 1. The van der Waals surface area contributed by atoms with Crippen LogP contribution in [0.4, 0.5) is 0 Å². The fraction of sp³-hybridized carbons (Fsp3) is 1.00. The minimum absolute atomic E-state index is 0.172. The lowest BCUT2D eigenvalue weighted by Crippen LogP contribution is -2.36. The van der Waals surface area contributed by atoms with Crippen molar-refractivity contribution in [2.75, 3.05) is 34.3 Å². The maximum Gasteiger partial charge on any atom is 0.101 e. The van der Waals surface area contributed by atoms with Gasteiger partial charge in [0.2, 0.25) is 0 Å². The molecule has 0 radical (unpaired) electrons. The summed E-state index contributed by atoms with van der Waals surface area (Å²) >= 11 is 0. The summed E-state index contributed by atoms with van der Waals surface area (Å²) in [7, 11) is 4.17. The maximum atomic E-state index is 8.43. The molecule has 1 N–H and O–H groups in total. The summed E-state index contributed by atoms with van der Waals surface area (Å²) in [6.07, 6.45) is 0. The Morgan fingerprint density at radius 2 is 2.29 bits per heavy atom. The summed E-state index contributed by atoms with van der Waals surface area (Å²) < 4.78 is 7.55. The normalized spacial score (nSPS) is 13.9. The van der Waals surface area contributed by atoms with Crippen LogP contribution in [0.15, 0.2) is 0 Å². The van der Waals surface area contributed by atoms with E-state index in [0.29, 0.717) is 18.1 Å². The molecule has 0 spiro atoms. The Labute approximate surface area is 46.4 Å². The van der Waals surface area contributed by atoms with Crippen LogP contribution in [0.5, 0.6) is 0 Å². The largest absolute Gasteiger partial charge is 0.391 e. The monoisotopic (exact) mass is 105 g/mol. The Hall–Kier alpha value is -0.0800. The van der Waals surface area contributed by atoms with Crippen molar-refractivity contribution in [1.82, 2.24) is 0 Å². The van der Waals surface area contributed by atoms with E-state index in [-0.39, 0.29) is 6.61 Å². The Morgan fingerprint density at radius 1 is 1.71 bits per heavy atom. The van der Waals surface area contributed by atoms with Gasteiger partial charge in [-0.2, -0.15) is 0 Å². The molecule has 0 aliphatic heterocycles. The molecule has 7 heavy (non-hydrogen) atoms. The van der Waals surface area contributed by atoms with Crippen LogP contribution in [0, 0.1) is 0 Å². The van der Waals surface area contributed by atoms with Gasteiger partial charge in [-0.25, -0.2) is 0 Å². The van der Waals surface area contributed by atoms with Crippen molar-refractivity contribution in [3.05, 3.63) is 0 Å². The van der Waals surface area contributed by atoms with E-state index in [1.807, 2.05) is 14.1 Å². The van der Waals surface area contributed by atoms with Gasteiger partial charge in [0.1, 0.15) is 6.54 Å². The lowest BCUT2D eigenvalue weighted by atomic mass is 10.5. The van der Waals surface area contributed by atoms with Crippen LogP contribution in [0.1, 0.15) is 1.37 Å². The first-order valence-electron chi connectivity index (χ1n) is 3.05. The number of aliphatic hydroxyl groups excluding tert-OH is 1. The highest BCUT2D eigenvalue weighted by Crippen LogP contribution is 1.84. The zero-order valence-corrected chi connectivity index (χ0v) is 5.02. The number of rotatable bonds is 2. The molecule has 2 nitrogen and oxygen atoms in total.